The van der Waals surface area contributed by atoms with E-state index in [9.17, 15) is 18.0 Å². The van der Waals surface area contributed by atoms with Crippen LogP contribution in [-0.2, 0) is 33.6 Å². The number of carbonyl (C=O) groups excluding carboxylic acids is 1. The molecule has 1 fully saturated rings. The van der Waals surface area contributed by atoms with Crippen molar-refractivity contribution >= 4 is 22.5 Å². The quantitative estimate of drug-likeness (QED) is 0.163. The normalized spacial score (nSPS) is 14.4. The third-order valence-corrected chi connectivity index (χ3v) is 7.23. The van der Waals surface area contributed by atoms with Crippen LogP contribution in [0.2, 0.25) is 0 Å². The number of aromatic nitrogens is 1. The number of nitrogens with one attached hydrogen (secondary N) is 1. The molecule has 0 atom stereocenters. The van der Waals surface area contributed by atoms with Crippen LogP contribution in [-0.4, -0.2) is 43.0 Å². The average molecular weight is 592 g/mol. The number of fused-ring (bicyclic) bond motifs is 1. The van der Waals surface area contributed by atoms with E-state index < -0.39 is 11.7 Å². The minimum atomic E-state index is -4.40. The Balaban J connectivity index is 1.33. The molecule has 3 aromatic carbocycles. The molecule has 0 spiro atoms. The Labute approximate surface area is 247 Å². The minimum absolute atomic E-state index is 0.00318. The van der Waals surface area contributed by atoms with E-state index in [0.29, 0.717) is 41.4 Å². The molecular weight excluding hydrogens is 559 g/mol. The highest BCUT2D eigenvalue weighted by Gasteiger charge is 2.30. The van der Waals surface area contributed by atoms with Gasteiger partial charge in [0.15, 0.2) is 6.61 Å². The molecule has 1 aliphatic rings. The molecule has 5 rings (SSSR count). The van der Waals surface area contributed by atoms with Gasteiger partial charge in [0.2, 0.25) is 0 Å². The van der Waals surface area contributed by atoms with E-state index in [-0.39, 0.29) is 19.1 Å². The van der Waals surface area contributed by atoms with Crippen molar-refractivity contribution in [2.75, 3.05) is 26.4 Å². The molecule has 43 heavy (non-hydrogen) atoms. The first-order valence-corrected chi connectivity index (χ1v) is 14.1. The summed E-state index contributed by atoms with van der Waals surface area (Å²) in [6.07, 6.45) is -0.456. The van der Waals surface area contributed by atoms with E-state index in [2.05, 4.69) is 15.5 Å². The van der Waals surface area contributed by atoms with Gasteiger partial charge in [0.1, 0.15) is 17.9 Å². The van der Waals surface area contributed by atoms with E-state index in [0.717, 1.165) is 54.7 Å². The molecule has 2 heterocycles. The van der Waals surface area contributed by atoms with Gasteiger partial charge in [0, 0.05) is 43.3 Å². The van der Waals surface area contributed by atoms with Crippen LogP contribution in [0.4, 0.5) is 13.2 Å². The Hall–Kier alpha value is -4.44. The van der Waals surface area contributed by atoms with Gasteiger partial charge < -0.3 is 19.6 Å². The van der Waals surface area contributed by atoms with Crippen LogP contribution < -0.4 is 10.1 Å². The van der Waals surface area contributed by atoms with Gasteiger partial charge in [-0.3, -0.25) is 9.78 Å². The first-order chi connectivity index (χ1) is 20.9. The third kappa shape index (κ3) is 8.32. The fraction of sp³-hybridized carbons (Fsp3) is 0.303. The molecule has 0 saturated carbocycles. The van der Waals surface area contributed by atoms with Crippen LogP contribution in [0.5, 0.6) is 5.75 Å². The smallest absolute Gasteiger partial charge is 0.416 e. The number of hydrogen-bond donors (Lipinski definition) is 1. The van der Waals surface area contributed by atoms with Gasteiger partial charge in [-0.25, -0.2) is 0 Å². The largest absolute Gasteiger partial charge is 0.481 e. The first kappa shape index (κ1) is 30.0. The molecule has 1 amide bonds. The standard InChI is InChI=1S/C33H32F3N3O4/c34-33(35,36)26-10-8-25(9-11-26)21-43-39-29(19-23-5-2-1-3-6-23)27-12-13-30(32-28(27)7-4-16-37-32)42-22-31(40)38-20-24-14-17-41-18-15-24/h1-13,16,24H,14-15,17-22H2,(H,38,40). The SMILES string of the molecule is O=C(COc1ccc(C(Cc2ccccc2)=NOCc2ccc(C(F)(F)F)cc2)c2cccnc12)NCC1CCOCC1. The van der Waals surface area contributed by atoms with Crippen LogP contribution in [0, 0.1) is 5.92 Å². The molecule has 7 nitrogen and oxygen atoms in total. The maximum absolute atomic E-state index is 12.9. The summed E-state index contributed by atoms with van der Waals surface area (Å²) in [7, 11) is 0. The van der Waals surface area contributed by atoms with Crippen LogP contribution in [0.25, 0.3) is 10.9 Å². The lowest BCUT2D eigenvalue weighted by molar-refractivity contribution is -0.137. The van der Waals surface area contributed by atoms with Crippen LogP contribution >= 0.6 is 0 Å². The Morgan fingerprint density at radius 2 is 1.72 bits per heavy atom. The van der Waals surface area contributed by atoms with Crippen molar-refractivity contribution in [1.29, 1.82) is 0 Å². The number of benzene rings is 3. The highest BCUT2D eigenvalue weighted by molar-refractivity contribution is 6.11. The van der Waals surface area contributed by atoms with E-state index >= 15 is 0 Å². The first-order valence-electron chi connectivity index (χ1n) is 14.1. The lowest BCUT2D eigenvalue weighted by Crippen LogP contribution is -2.35. The summed E-state index contributed by atoms with van der Waals surface area (Å²) in [6, 6.07) is 21.8. The Morgan fingerprint density at radius 1 is 0.953 bits per heavy atom. The molecule has 1 aliphatic heterocycles. The number of halogens is 3. The van der Waals surface area contributed by atoms with Crippen LogP contribution in [0.3, 0.4) is 0 Å². The summed E-state index contributed by atoms with van der Waals surface area (Å²) in [5.41, 5.74) is 2.77. The maximum Gasteiger partial charge on any atom is 0.416 e. The van der Waals surface area contributed by atoms with Gasteiger partial charge in [-0.05, 0) is 60.2 Å². The summed E-state index contributed by atoms with van der Waals surface area (Å²) >= 11 is 0. The molecule has 1 N–H and O–H groups in total. The number of nitrogens with zero attached hydrogens (tertiary/aromatic N) is 2. The van der Waals surface area contributed by atoms with Gasteiger partial charge in [-0.2, -0.15) is 13.2 Å². The van der Waals surface area contributed by atoms with Crippen LogP contribution in [0.1, 0.15) is 35.1 Å². The maximum atomic E-state index is 12.9. The molecule has 0 unspecified atom stereocenters. The van der Waals surface area contributed by atoms with Gasteiger partial charge in [0.05, 0.1) is 11.3 Å². The van der Waals surface area contributed by atoms with Gasteiger partial charge >= 0.3 is 6.18 Å². The highest BCUT2D eigenvalue weighted by atomic mass is 19.4. The summed E-state index contributed by atoms with van der Waals surface area (Å²) < 4.78 is 50.1. The molecule has 0 aliphatic carbocycles. The van der Waals surface area contributed by atoms with Gasteiger partial charge in [-0.15, -0.1) is 0 Å². The second-order valence-corrected chi connectivity index (χ2v) is 10.3. The zero-order valence-electron chi connectivity index (χ0n) is 23.5. The second-order valence-electron chi connectivity index (χ2n) is 10.3. The number of carbonyl (C=O) groups is 1. The summed E-state index contributed by atoms with van der Waals surface area (Å²) in [6.45, 7) is 1.88. The molecular formula is C33H32F3N3O4. The fourth-order valence-corrected chi connectivity index (χ4v) is 4.86. The predicted molar refractivity (Wildman–Crippen MR) is 157 cm³/mol. The molecule has 0 bridgehead atoms. The predicted octanol–water partition coefficient (Wildman–Crippen LogP) is 6.34. The molecule has 1 saturated heterocycles. The molecule has 0 radical (unpaired) electrons. The fourth-order valence-electron chi connectivity index (χ4n) is 4.86. The molecule has 224 valence electrons. The van der Waals surface area contributed by atoms with Gasteiger partial charge in [0.25, 0.3) is 5.91 Å². The number of pyridine rings is 1. The highest BCUT2D eigenvalue weighted by Crippen LogP contribution is 2.30. The Morgan fingerprint density at radius 3 is 2.47 bits per heavy atom. The van der Waals surface area contributed by atoms with Crippen molar-refractivity contribution in [2.45, 2.75) is 32.0 Å². The van der Waals surface area contributed by atoms with Crippen molar-refractivity contribution in [3.63, 3.8) is 0 Å². The second kappa shape index (κ2) is 14.2. The minimum Gasteiger partial charge on any atom is -0.481 e. The summed E-state index contributed by atoms with van der Waals surface area (Å²) in [5, 5.41) is 8.13. The lowest BCUT2D eigenvalue weighted by atomic mass is 9.98. The van der Waals surface area contributed by atoms with E-state index in [1.165, 1.54) is 12.1 Å². The monoisotopic (exact) mass is 591 g/mol. The average Bonchev–Trinajstić information content (AvgIpc) is 3.03. The van der Waals surface area contributed by atoms with E-state index in [4.69, 9.17) is 14.3 Å². The Bertz CT molecular complexity index is 1540. The van der Waals surface area contributed by atoms with Crippen molar-refractivity contribution in [1.82, 2.24) is 10.3 Å². The number of amides is 1. The summed E-state index contributed by atoms with van der Waals surface area (Å²) in [4.78, 5) is 22.7. The number of ether oxygens (including phenoxy) is 2. The van der Waals surface area contributed by atoms with Crippen molar-refractivity contribution in [3.05, 3.63) is 107 Å². The van der Waals surface area contributed by atoms with E-state index in [1.807, 2.05) is 42.5 Å². The lowest BCUT2D eigenvalue weighted by Gasteiger charge is -2.22. The number of oxime groups is 1. The zero-order valence-corrected chi connectivity index (χ0v) is 23.5. The topological polar surface area (TPSA) is 82.0 Å². The number of hydrogen-bond acceptors (Lipinski definition) is 6. The zero-order chi connectivity index (χ0) is 30.1. The number of rotatable bonds is 11. The van der Waals surface area contributed by atoms with Crippen LogP contribution in [0.15, 0.2) is 90.2 Å². The van der Waals surface area contributed by atoms with E-state index in [1.54, 1.807) is 18.3 Å². The van der Waals surface area contributed by atoms with Gasteiger partial charge in [-0.1, -0.05) is 53.7 Å². The molecule has 10 heteroatoms. The van der Waals surface area contributed by atoms with Crippen molar-refractivity contribution in [2.24, 2.45) is 11.1 Å². The molecule has 4 aromatic rings. The summed E-state index contributed by atoms with van der Waals surface area (Å²) in [5.74, 6) is 0.663. The van der Waals surface area contributed by atoms with Crippen molar-refractivity contribution < 1.29 is 32.3 Å². The third-order valence-electron chi connectivity index (χ3n) is 7.23. The van der Waals surface area contributed by atoms with Crippen molar-refractivity contribution in [3.8, 4) is 5.75 Å². The number of alkyl halides is 3. The molecule has 1 aromatic heterocycles. The Kier molecular flexibility index (Phi) is 9.88.